The van der Waals surface area contributed by atoms with Gasteiger partial charge in [-0.25, -0.2) is 8.78 Å². The SMILES string of the molecule is O=C(CCNC(=O)c1ccc(F)cc1F)NCc1cccc(CN2CCCCCC2)c1. The number of carbonyl (C=O) groups excluding carboxylic acids is 2. The van der Waals surface area contributed by atoms with E-state index in [1.54, 1.807) is 0 Å². The first-order valence-electron chi connectivity index (χ1n) is 10.8. The Kier molecular flexibility index (Phi) is 8.53. The van der Waals surface area contributed by atoms with Crippen molar-refractivity contribution in [3.63, 3.8) is 0 Å². The number of amides is 2. The second-order valence-electron chi connectivity index (χ2n) is 7.92. The van der Waals surface area contributed by atoms with Crippen molar-refractivity contribution in [3.05, 3.63) is 70.8 Å². The minimum atomic E-state index is -0.929. The summed E-state index contributed by atoms with van der Waals surface area (Å²) in [4.78, 5) is 26.5. The number of hydrogen-bond acceptors (Lipinski definition) is 3. The maximum absolute atomic E-state index is 13.6. The van der Waals surface area contributed by atoms with Crippen molar-refractivity contribution in [1.29, 1.82) is 0 Å². The number of benzene rings is 2. The molecule has 1 heterocycles. The van der Waals surface area contributed by atoms with Gasteiger partial charge < -0.3 is 10.6 Å². The fourth-order valence-electron chi connectivity index (χ4n) is 3.74. The Morgan fingerprint density at radius 3 is 2.39 bits per heavy atom. The molecule has 3 rings (SSSR count). The molecule has 1 aliphatic heterocycles. The van der Waals surface area contributed by atoms with E-state index in [2.05, 4.69) is 27.7 Å². The Bertz CT molecular complexity index is 896. The monoisotopic (exact) mass is 429 g/mol. The van der Waals surface area contributed by atoms with Crippen LogP contribution >= 0.6 is 0 Å². The van der Waals surface area contributed by atoms with Gasteiger partial charge in [0, 0.05) is 32.1 Å². The standard InChI is InChI=1S/C24H29F2N3O2/c25-20-8-9-21(22(26)15-20)24(31)27-11-10-23(30)28-16-18-6-5-7-19(14-18)17-29-12-3-1-2-4-13-29/h5-9,14-15H,1-4,10-13,16-17H2,(H,27,31)(H,28,30). The summed E-state index contributed by atoms with van der Waals surface area (Å²) in [7, 11) is 0. The van der Waals surface area contributed by atoms with Crippen LogP contribution in [0.1, 0.15) is 53.6 Å². The highest BCUT2D eigenvalue weighted by molar-refractivity contribution is 5.94. The molecule has 1 fully saturated rings. The van der Waals surface area contributed by atoms with E-state index in [4.69, 9.17) is 0 Å². The minimum absolute atomic E-state index is 0.0660. The van der Waals surface area contributed by atoms with Crippen molar-refractivity contribution in [2.75, 3.05) is 19.6 Å². The van der Waals surface area contributed by atoms with E-state index in [1.807, 2.05) is 12.1 Å². The molecule has 2 aromatic carbocycles. The van der Waals surface area contributed by atoms with Crippen molar-refractivity contribution in [3.8, 4) is 0 Å². The molecule has 2 amide bonds. The summed E-state index contributed by atoms with van der Waals surface area (Å²) in [6.45, 7) is 3.67. The maximum atomic E-state index is 13.6. The van der Waals surface area contributed by atoms with Gasteiger partial charge in [0.15, 0.2) is 0 Å². The van der Waals surface area contributed by atoms with Gasteiger partial charge in [-0.2, -0.15) is 0 Å². The first kappa shape index (κ1) is 22.9. The third-order valence-corrected chi connectivity index (χ3v) is 5.40. The third-order valence-electron chi connectivity index (χ3n) is 5.40. The lowest BCUT2D eigenvalue weighted by Gasteiger charge is -2.20. The van der Waals surface area contributed by atoms with Gasteiger partial charge in [0.05, 0.1) is 5.56 Å². The van der Waals surface area contributed by atoms with Gasteiger partial charge in [-0.3, -0.25) is 14.5 Å². The van der Waals surface area contributed by atoms with Crippen LogP contribution in [0.4, 0.5) is 8.78 Å². The molecule has 5 nitrogen and oxygen atoms in total. The molecule has 0 radical (unpaired) electrons. The second-order valence-corrected chi connectivity index (χ2v) is 7.92. The van der Waals surface area contributed by atoms with Crippen LogP contribution in [0.3, 0.4) is 0 Å². The Hall–Kier alpha value is -2.80. The number of likely N-dealkylation sites (tertiary alicyclic amines) is 1. The highest BCUT2D eigenvalue weighted by Gasteiger charge is 2.13. The first-order chi connectivity index (χ1) is 15.0. The Labute approximate surface area is 181 Å². The molecule has 0 unspecified atom stereocenters. The largest absolute Gasteiger partial charge is 0.352 e. The predicted octanol–water partition coefficient (Wildman–Crippen LogP) is 3.78. The number of rotatable bonds is 8. The van der Waals surface area contributed by atoms with Gasteiger partial charge >= 0.3 is 0 Å². The number of carbonyl (C=O) groups is 2. The van der Waals surface area contributed by atoms with E-state index in [-0.39, 0.29) is 24.4 Å². The zero-order valence-corrected chi connectivity index (χ0v) is 17.6. The molecule has 0 bridgehead atoms. The Morgan fingerprint density at radius 1 is 0.903 bits per heavy atom. The average molecular weight is 430 g/mol. The van der Waals surface area contributed by atoms with Crippen LogP contribution in [0.5, 0.6) is 0 Å². The number of hydrogen-bond donors (Lipinski definition) is 2. The van der Waals surface area contributed by atoms with Gasteiger partial charge in [0.2, 0.25) is 5.91 Å². The maximum Gasteiger partial charge on any atom is 0.254 e. The Morgan fingerprint density at radius 2 is 1.65 bits per heavy atom. The quantitative estimate of drug-likeness (QED) is 0.672. The number of nitrogens with zero attached hydrogens (tertiary/aromatic N) is 1. The Balaban J connectivity index is 1.40. The normalized spacial score (nSPS) is 14.6. The van der Waals surface area contributed by atoms with E-state index in [0.717, 1.165) is 37.3 Å². The lowest BCUT2D eigenvalue weighted by molar-refractivity contribution is -0.121. The molecule has 0 aliphatic carbocycles. The molecule has 1 aliphatic rings. The van der Waals surface area contributed by atoms with Crippen LogP contribution in [0.15, 0.2) is 42.5 Å². The molecule has 0 aromatic heterocycles. The summed E-state index contributed by atoms with van der Waals surface area (Å²) < 4.78 is 26.5. The summed E-state index contributed by atoms with van der Waals surface area (Å²) in [6, 6.07) is 11.0. The van der Waals surface area contributed by atoms with Gasteiger partial charge in [-0.1, -0.05) is 37.1 Å². The van der Waals surface area contributed by atoms with E-state index in [9.17, 15) is 18.4 Å². The molecule has 7 heteroatoms. The van der Waals surface area contributed by atoms with Crippen molar-refractivity contribution in [1.82, 2.24) is 15.5 Å². The molecule has 0 atom stereocenters. The second kappa shape index (κ2) is 11.6. The molecule has 31 heavy (non-hydrogen) atoms. The van der Waals surface area contributed by atoms with Crippen molar-refractivity contribution < 1.29 is 18.4 Å². The molecule has 166 valence electrons. The first-order valence-corrected chi connectivity index (χ1v) is 10.8. The van der Waals surface area contributed by atoms with E-state index >= 15 is 0 Å². The van der Waals surface area contributed by atoms with Crippen LogP contribution in [0.25, 0.3) is 0 Å². The summed E-state index contributed by atoms with van der Waals surface area (Å²) in [5.41, 5.74) is 2.02. The lowest BCUT2D eigenvalue weighted by Crippen LogP contribution is -2.31. The fourth-order valence-corrected chi connectivity index (χ4v) is 3.74. The van der Waals surface area contributed by atoms with Crippen LogP contribution < -0.4 is 10.6 Å². The average Bonchev–Trinajstić information content (AvgIpc) is 3.01. The minimum Gasteiger partial charge on any atom is -0.352 e. The summed E-state index contributed by atoms with van der Waals surface area (Å²) in [5.74, 6) is -2.56. The molecule has 2 N–H and O–H groups in total. The number of nitrogens with one attached hydrogen (secondary N) is 2. The zero-order chi connectivity index (χ0) is 22.1. The smallest absolute Gasteiger partial charge is 0.254 e. The fraction of sp³-hybridized carbons (Fsp3) is 0.417. The lowest BCUT2D eigenvalue weighted by atomic mass is 10.1. The number of halogens is 2. The van der Waals surface area contributed by atoms with Crippen LogP contribution in [-0.4, -0.2) is 36.3 Å². The molecular weight excluding hydrogens is 400 g/mol. The predicted molar refractivity (Wildman–Crippen MR) is 115 cm³/mol. The molecule has 2 aromatic rings. The summed E-state index contributed by atoms with van der Waals surface area (Å²) in [5, 5.41) is 5.32. The molecular formula is C24H29F2N3O2. The summed E-state index contributed by atoms with van der Waals surface area (Å²) >= 11 is 0. The van der Waals surface area contributed by atoms with Crippen molar-refractivity contribution >= 4 is 11.8 Å². The van der Waals surface area contributed by atoms with Crippen molar-refractivity contribution in [2.24, 2.45) is 0 Å². The van der Waals surface area contributed by atoms with E-state index < -0.39 is 17.5 Å². The topological polar surface area (TPSA) is 61.4 Å². The van der Waals surface area contributed by atoms with E-state index in [0.29, 0.717) is 12.6 Å². The van der Waals surface area contributed by atoms with Gasteiger partial charge in [0.25, 0.3) is 5.91 Å². The molecule has 0 spiro atoms. The summed E-state index contributed by atoms with van der Waals surface area (Å²) in [6.07, 6.45) is 5.19. The molecule has 1 saturated heterocycles. The van der Waals surface area contributed by atoms with Crippen molar-refractivity contribution in [2.45, 2.75) is 45.2 Å². The van der Waals surface area contributed by atoms with Gasteiger partial charge in [-0.15, -0.1) is 0 Å². The van der Waals surface area contributed by atoms with Crippen LogP contribution in [-0.2, 0) is 17.9 Å². The van der Waals surface area contributed by atoms with Crippen LogP contribution in [0.2, 0.25) is 0 Å². The molecule has 0 saturated carbocycles. The van der Waals surface area contributed by atoms with Crippen LogP contribution in [0, 0.1) is 11.6 Å². The highest BCUT2D eigenvalue weighted by Crippen LogP contribution is 2.14. The highest BCUT2D eigenvalue weighted by atomic mass is 19.1. The van der Waals surface area contributed by atoms with Gasteiger partial charge in [0.1, 0.15) is 11.6 Å². The zero-order valence-electron chi connectivity index (χ0n) is 17.6. The van der Waals surface area contributed by atoms with Gasteiger partial charge in [-0.05, 0) is 49.2 Å². The van der Waals surface area contributed by atoms with E-state index in [1.165, 1.54) is 31.2 Å². The third kappa shape index (κ3) is 7.43.